The van der Waals surface area contributed by atoms with Gasteiger partial charge >= 0.3 is 0 Å². The number of hydrogen-bond donors (Lipinski definition) is 0. The van der Waals surface area contributed by atoms with Crippen LogP contribution in [-0.4, -0.2) is 17.6 Å². The van der Waals surface area contributed by atoms with E-state index in [-0.39, 0.29) is 41.4 Å². The summed E-state index contributed by atoms with van der Waals surface area (Å²) in [4.78, 5) is 40.4. The minimum Gasteiger partial charge on any atom is -0.299 e. The number of nitrogens with zero attached hydrogens (tertiary/aromatic N) is 1. The van der Waals surface area contributed by atoms with Crippen LogP contribution in [0.1, 0.15) is 25.7 Å². The third-order valence-corrected chi connectivity index (χ3v) is 7.95. The summed E-state index contributed by atoms with van der Waals surface area (Å²) in [5, 5.41) is 0. The predicted molar refractivity (Wildman–Crippen MR) is 99.5 cm³/mol. The molecule has 0 spiro atoms. The van der Waals surface area contributed by atoms with Crippen molar-refractivity contribution >= 4 is 23.3 Å². The average molecular weight is 361 g/mol. The van der Waals surface area contributed by atoms with Crippen molar-refractivity contribution in [1.29, 1.82) is 0 Å². The van der Waals surface area contributed by atoms with Crippen molar-refractivity contribution in [1.82, 2.24) is 0 Å². The van der Waals surface area contributed by atoms with Crippen molar-refractivity contribution < 1.29 is 14.4 Å². The number of ketones is 1. The summed E-state index contributed by atoms with van der Waals surface area (Å²) in [6, 6.07) is 9.31. The Labute approximate surface area is 158 Å². The topological polar surface area (TPSA) is 54.5 Å². The Hall–Kier alpha value is -2.23. The molecule has 7 rings (SSSR count). The molecule has 7 unspecified atom stereocenters. The van der Waals surface area contributed by atoms with E-state index >= 15 is 0 Å². The van der Waals surface area contributed by atoms with Crippen molar-refractivity contribution in [2.45, 2.75) is 25.7 Å². The predicted octanol–water partition coefficient (Wildman–Crippen LogP) is 3.23. The number of para-hydroxylation sites is 1. The van der Waals surface area contributed by atoms with Crippen LogP contribution in [0.4, 0.5) is 5.69 Å². The van der Waals surface area contributed by atoms with Crippen molar-refractivity contribution in [2.75, 3.05) is 4.90 Å². The zero-order valence-corrected chi connectivity index (χ0v) is 15.2. The molecular weight excluding hydrogens is 338 g/mol. The number of allylic oxidation sites excluding steroid dienone is 2. The maximum absolute atomic E-state index is 13.3. The van der Waals surface area contributed by atoms with Crippen molar-refractivity contribution in [3.63, 3.8) is 0 Å². The summed E-state index contributed by atoms with van der Waals surface area (Å²) in [6.45, 7) is 0. The number of Topliss-reactive ketones (excluding diaryl/α,β-unsaturated/α-hetero) is 1. The highest BCUT2D eigenvalue weighted by Gasteiger charge is 2.72. The minimum absolute atomic E-state index is 0.0328. The molecule has 27 heavy (non-hydrogen) atoms. The van der Waals surface area contributed by atoms with Crippen molar-refractivity contribution in [3.05, 3.63) is 42.5 Å². The summed E-state index contributed by atoms with van der Waals surface area (Å²) >= 11 is 0. The summed E-state index contributed by atoms with van der Waals surface area (Å²) in [6.07, 6.45) is 8.28. The van der Waals surface area contributed by atoms with Gasteiger partial charge in [-0.1, -0.05) is 36.8 Å². The van der Waals surface area contributed by atoms with Gasteiger partial charge in [0.25, 0.3) is 0 Å². The lowest BCUT2D eigenvalue weighted by molar-refractivity contribution is -0.125. The first-order valence-corrected chi connectivity index (χ1v) is 10.3. The van der Waals surface area contributed by atoms with Gasteiger partial charge in [0.05, 0.1) is 17.5 Å². The molecule has 4 fully saturated rings. The van der Waals surface area contributed by atoms with Gasteiger partial charge < -0.3 is 0 Å². The fourth-order valence-electron chi connectivity index (χ4n) is 6.95. The number of imide groups is 1. The summed E-state index contributed by atoms with van der Waals surface area (Å²) in [5.41, 5.74) is 0.689. The van der Waals surface area contributed by atoms with Crippen LogP contribution in [0.25, 0.3) is 0 Å². The highest BCUT2D eigenvalue weighted by molar-refractivity contribution is 6.22. The first-order valence-electron chi connectivity index (χ1n) is 10.3. The second-order valence-corrected chi connectivity index (χ2v) is 8.99. The number of carbonyl (C=O) groups is 3. The lowest BCUT2D eigenvalue weighted by Crippen LogP contribution is -2.40. The van der Waals surface area contributed by atoms with E-state index in [0.29, 0.717) is 29.2 Å². The molecular formula is C23H23NO3. The molecule has 0 N–H and O–H groups in total. The van der Waals surface area contributed by atoms with Crippen LogP contribution >= 0.6 is 0 Å². The molecule has 138 valence electrons. The van der Waals surface area contributed by atoms with E-state index in [2.05, 4.69) is 12.2 Å². The van der Waals surface area contributed by atoms with E-state index in [1.165, 1.54) is 4.90 Å². The number of amides is 2. The van der Waals surface area contributed by atoms with E-state index in [1.54, 1.807) is 0 Å². The van der Waals surface area contributed by atoms with Crippen molar-refractivity contribution in [3.8, 4) is 0 Å². The number of rotatable bonds is 2. The van der Waals surface area contributed by atoms with Gasteiger partial charge in [0.15, 0.2) is 0 Å². The quantitative estimate of drug-likeness (QED) is 0.600. The minimum atomic E-state index is -0.224. The molecule has 1 aromatic rings. The molecule has 2 bridgehead atoms. The normalized spacial score (nSPS) is 44.4. The van der Waals surface area contributed by atoms with E-state index in [1.807, 2.05) is 30.3 Å². The Morgan fingerprint density at radius 2 is 1.41 bits per heavy atom. The molecule has 7 atom stereocenters. The SMILES string of the molecule is O=C1CCCCC1C1C2C3C=CC(C4C(=O)N(c5ccccc5)C(=O)C34)C12. The molecule has 5 aliphatic carbocycles. The Morgan fingerprint density at radius 3 is 2.00 bits per heavy atom. The highest BCUT2D eigenvalue weighted by Crippen LogP contribution is 2.71. The first kappa shape index (κ1) is 15.8. The molecule has 2 amide bonds. The fourth-order valence-corrected chi connectivity index (χ4v) is 6.95. The number of anilines is 1. The average Bonchev–Trinajstić information content (AvgIpc) is 3.40. The second-order valence-electron chi connectivity index (χ2n) is 8.99. The Balaban J connectivity index is 1.34. The maximum Gasteiger partial charge on any atom is 0.238 e. The van der Waals surface area contributed by atoms with Gasteiger partial charge in [-0.25, -0.2) is 0 Å². The lowest BCUT2D eigenvalue weighted by atomic mass is 9.63. The van der Waals surface area contributed by atoms with E-state index in [4.69, 9.17) is 0 Å². The first-order chi connectivity index (χ1) is 13.2. The summed E-state index contributed by atoms with van der Waals surface area (Å²) in [7, 11) is 0. The number of hydrogen-bond acceptors (Lipinski definition) is 3. The van der Waals surface area contributed by atoms with E-state index in [9.17, 15) is 14.4 Å². The van der Waals surface area contributed by atoms with Gasteiger partial charge in [-0.3, -0.25) is 19.3 Å². The van der Waals surface area contributed by atoms with Crippen LogP contribution in [0.2, 0.25) is 0 Å². The van der Waals surface area contributed by atoms with Crippen LogP contribution in [-0.2, 0) is 14.4 Å². The monoisotopic (exact) mass is 361 g/mol. The standard InChI is InChI=1S/C23H23NO3/c25-16-9-5-4-8-13(16)17-18-14-10-11-15(19(17)18)21-20(14)22(26)24(23(21)27)12-6-2-1-3-7-12/h1-3,6-7,10-11,13-15,17-21H,4-5,8-9H2. The van der Waals surface area contributed by atoms with Crippen LogP contribution in [0.3, 0.4) is 0 Å². The largest absolute Gasteiger partial charge is 0.299 e. The fraction of sp³-hybridized carbons (Fsp3) is 0.522. The molecule has 4 nitrogen and oxygen atoms in total. The number of carbonyl (C=O) groups excluding carboxylic acids is 3. The molecule has 0 radical (unpaired) electrons. The Morgan fingerprint density at radius 1 is 0.778 bits per heavy atom. The zero-order valence-electron chi connectivity index (χ0n) is 15.2. The van der Waals surface area contributed by atoms with Crippen LogP contribution in [0.15, 0.2) is 42.5 Å². The van der Waals surface area contributed by atoms with E-state index in [0.717, 1.165) is 25.7 Å². The zero-order chi connectivity index (χ0) is 18.3. The molecule has 3 saturated carbocycles. The van der Waals surface area contributed by atoms with E-state index < -0.39 is 0 Å². The maximum atomic E-state index is 13.3. The van der Waals surface area contributed by atoms with Crippen LogP contribution < -0.4 is 4.90 Å². The van der Waals surface area contributed by atoms with Gasteiger partial charge in [-0.05, 0) is 54.6 Å². The lowest BCUT2D eigenvalue weighted by Gasteiger charge is -2.37. The van der Waals surface area contributed by atoms with Crippen LogP contribution in [0, 0.1) is 47.3 Å². The second kappa shape index (κ2) is 5.40. The molecule has 1 aliphatic heterocycles. The summed E-state index contributed by atoms with van der Waals surface area (Å²) in [5.74, 6) is 1.62. The Bertz CT molecular complexity index is 837. The van der Waals surface area contributed by atoms with Gasteiger partial charge in [-0.15, -0.1) is 0 Å². The van der Waals surface area contributed by atoms with Gasteiger partial charge in [0, 0.05) is 12.3 Å². The highest BCUT2D eigenvalue weighted by atomic mass is 16.2. The molecule has 1 heterocycles. The third kappa shape index (κ3) is 1.96. The molecule has 4 heteroatoms. The van der Waals surface area contributed by atoms with Crippen LogP contribution in [0.5, 0.6) is 0 Å². The molecule has 1 aromatic carbocycles. The number of benzene rings is 1. The van der Waals surface area contributed by atoms with Crippen molar-refractivity contribution in [2.24, 2.45) is 47.3 Å². The Kier molecular flexibility index (Phi) is 3.16. The summed E-state index contributed by atoms with van der Waals surface area (Å²) < 4.78 is 0. The smallest absolute Gasteiger partial charge is 0.238 e. The molecule has 0 aromatic heterocycles. The molecule has 6 aliphatic rings. The molecule has 1 saturated heterocycles. The van der Waals surface area contributed by atoms with Gasteiger partial charge in [0.2, 0.25) is 11.8 Å². The van der Waals surface area contributed by atoms with Gasteiger partial charge in [-0.2, -0.15) is 0 Å². The van der Waals surface area contributed by atoms with Gasteiger partial charge in [0.1, 0.15) is 5.78 Å². The third-order valence-electron chi connectivity index (χ3n) is 7.95.